The largest absolute Gasteiger partial charge is 0.456 e. The van der Waals surface area contributed by atoms with Gasteiger partial charge >= 0.3 is 6.18 Å². The van der Waals surface area contributed by atoms with Crippen LogP contribution in [0.1, 0.15) is 45.6 Å². The third-order valence-electron chi connectivity index (χ3n) is 4.63. The molecule has 2 aromatic carbocycles. The van der Waals surface area contributed by atoms with Gasteiger partial charge in [0.25, 0.3) is 0 Å². The van der Waals surface area contributed by atoms with Crippen LogP contribution in [0, 0.1) is 0 Å². The molecule has 0 fully saturated rings. The smallest absolute Gasteiger partial charge is 0.416 e. The van der Waals surface area contributed by atoms with Crippen LogP contribution in [-0.2, 0) is 6.18 Å². The van der Waals surface area contributed by atoms with E-state index >= 15 is 0 Å². The standard InChI is InChI=1S/C21H22ClF3N4O2.C2H6/c1-2-3-13(8-9-30)27-19-15-11-14(5-6-17(15)28-20(26)29-19)31-18-7-4-12(10-16(18)22)21(23,24)25;1-2/h4-7,10-11,13,30H,2-3,8-9H2,1H3,(H3,26,27,28,29);1-2H3. The number of aliphatic hydroxyl groups is 1. The summed E-state index contributed by atoms with van der Waals surface area (Å²) in [7, 11) is 0. The van der Waals surface area contributed by atoms with E-state index in [0.29, 0.717) is 28.9 Å². The molecule has 33 heavy (non-hydrogen) atoms. The summed E-state index contributed by atoms with van der Waals surface area (Å²) in [5.74, 6) is 1.01. The second-order valence-corrected chi connectivity index (χ2v) is 7.40. The first-order valence-corrected chi connectivity index (χ1v) is 11.1. The highest BCUT2D eigenvalue weighted by atomic mass is 35.5. The molecule has 1 atom stereocenters. The Kier molecular flexibility index (Phi) is 9.55. The Hall–Kier alpha value is -2.78. The van der Waals surface area contributed by atoms with Gasteiger partial charge in [0, 0.05) is 18.0 Å². The van der Waals surface area contributed by atoms with Crippen molar-refractivity contribution in [2.45, 2.75) is 52.3 Å². The minimum Gasteiger partial charge on any atom is -0.456 e. The molecule has 0 aliphatic carbocycles. The molecule has 0 radical (unpaired) electrons. The van der Waals surface area contributed by atoms with E-state index in [1.165, 1.54) is 6.07 Å². The van der Waals surface area contributed by atoms with Gasteiger partial charge < -0.3 is 20.9 Å². The van der Waals surface area contributed by atoms with Gasteiger partial charge in [0.05, 0.1) is 16.1 Å². The lowest BCUT2D eigenvalue weighted by Crippen LogP contribution is -2.22. The molecule has 1 heterocycles. The molecule has 4 N–H and O–H groups in total. The summed E-state index contributed by atoms with van der Waals surface area (Å²) in [4.78, 5) is 8.49. The van der Waals surface area contributed by atoms with Crippen molar-refractivity contribution >= 4 is 34.3 Å². The van der Waals surface area contributed by atoms with Crippen LogP contribution in [0.5, 0.6) is 11.5 Å². The second kappa shape index (κ2) is 11.9. The van der Waals surface area contributed by atoms with Gasteiger partial charge in [-0.1, -0.05) is 38.8 Å². The zero-order valence-corrected chi connectivity index (χ0v) is 19.5. The molecule has 0 bridgehead atoms. The van der Waals surface area contributed by atoms with Crippen molar-refractivity contribution in [1.29, 1.82) is 0 Å². The Balaban J connectivity index is 0.00000187. The lowest BCUT2D eigenvalue weighted by Gasteiger charge is -2.19. The molecule has 6 nitrogen and oxygen atoms in total. The third-order valence-corrected chi connectivity index (χ3v) is 4.92. The lowest BCUT2D eigenvalue weighted by molar-refractivity contribution is -0.137. The van der Waals surface area contributed by atoms with Gasteiger partial charge in [-0.2, -0.15) is 18.2 Å². The molecule has 0 amide bonds. The normalized spacial score (nSPS) is 12.1. The number of aliphatic hydroxyl groups excluding tert-OH is 1. The maximum absolute atomic E-state index is 12.8. The number of aromatic nitrogens is 2. The molecular weight excluding hydrogens is 457 g/mol. The first-order chi connectivity index (χ1) is 15.7. The number of nitrogen functional groups attached to an aromatic ring is 1. The number of ether oxygens (including phenoxy) is 1. The monoisotopic (exact) mass is 484 g/mol. The first kappa shape index (κ1) is 26.5. The molecule has 0 aliphatic rings. The van der Waals surface area contributed by atoms with Crippen LogP contribution in [0.4, 0.5) is 24.9 Å². The van der Waals surface area contributed by atoms with E-state index in [1.54, 1.807) is 18.2 Å². The predicted molar refractivity (Wildman–Crippen MR) is 126 cm³/mol. The first-order valence-electron chi connectivity index (χ1n) is 10.7. The summed E-state index contributed by atoms with van der Waals surface area (Å²) in [6.07, 6.45) is -2.22. The van der Waals surface area contributed by atoms with Gasteiger partial charge in [-0.15, -0.1) is 0 Å². The highest BCUT2D eigenvalue weighted by Gasteiger charge is 2.31. The predicted octanol–water partition coefficient (Wildman–Crippen LogP) is 6.67. The number of anilines is 2. The van der Waals surface area contributed by atoms with Crippen LogP contribution in [0.3, 0.4) is 0 Å². The molecule has 0 spiro atoms. The molecule has 0 saturated carbocycles. The summed E-state index contributed by atoms with van der Waals surface area (Å²) in [6.45, 7) is 6.06. The summed E-state index contributed by atoms with van der Waals surface area (Å²) in [5.41, 5.74) is 5.54. The van der Waals surface area contributed by atoms with Gasteiger partial charge in [0.1, 0.15) is 17.3 Å². The molecule has 10 heteroatoms. The number of rotatable bonds is 8. The number of hydrogen-bond acceptors (Lipinski definition) is 6. The Morgan fingerprint density at radius 1 is 1.12 bits per heavy atom. The maximum Gasteiger partial charge on any atom is 0.416 e. The number of hydrogen-bond donors (Lipinski definition) is 3. The van der Waals surface area contributed by atoms with Gasteiger partial charge in [0.2, 0.25) is 5.95 Å². The van der Waals surface area contributed by atoms with E-state index in [1.807, 2.05) is 20.8 Å². The number of nitrogens with two attached hydrogens (primary N) is 1. The number of fused-ring (bicyclic) bond motifs is 1. The highest BCUT2D eigenvalue weighted by Crippen LogP contribution is 2.37. The van der Waals surface area contributed by atoms with Crippen LogP contribution in [0.2, 0.25) is 5.02 Å². The number of nitrogens with zero attached hydrogens (tertiary/aromatic N) is 2. The third kappa shape index (κ3) is 7.10. The zero-order chi connectivity index (χ0) is 24.6. The minimum atomic E-state index is -4.49. The van der Waals surface area contributed by atoms with Gasteiger partial charge in [-0.3, -0.25) is 0 Å². The number of nitrogens with one attached hydrogen (secondary N) is 1. The maximum atomic E-state index is 12.8. The van der Waals surface area contributed by atoms with E-state index in [2.05, 4.69) is 15.3 Å². The molecule has 180 valence electrons. The van der Waals surface area contributed by atoms with Gasteiger partial charge in [-0.25, -0.2) is 4.98 Å². The molecule has 0 aliphatic heterocycles. The van der Waals surface area contributed by atoms with Crippen molar-refractivity contribution in [2.24, 2.45) is 0 Å². The van der Waals surface area contributed by atoms with E-state index in [9.17, 15) is 18.3 Å². The molecule has 3 aromatic rings. The summed E-state index contributed by atoms with van der Waals surface area (Å²) in [6, 6.07) is 7.83. The quantitative estimate of drug-likeness (QED) is 0.331. The molecule has 1 unspecified atom stereocenters. The Bertz CT molecular complexity index is 1060. The topological polar surface area (TPSA) is 93.3 Å². The van der Waals surface area contributed by atoms with E-state index in [4.69, 9.17) is 22.1 Å². The summed E-state index contributed by atoms with van der Waals surface area (Å²) < 4.78 is 44.3. The van der Waals surface area contributed by atoms with Crippen LogP contribution < -0.4 is 15.8 Å². The number of alkyl halides is 3. The van der Waals surface area contributed by atoms with Crippen molar-refractivity contribution in [2.75, 3.05) is 17.7 Å². The van der Waals surface area contributed by atoms with Crippen LogP contribution in [-0.4, -0.2) is 27.7 Å². The van der Waals surface area contributed by atoms with Crippen molar-refractivity contribution in [1.82, 2.24) is 9.97 Å². The SMILES string of the molecule is CC.CCCC(CCO)Nc1nc(N)nc2ccc(Oc3ccc(C(F)(F)F)cc3Cl)cc12. The molecule has 3 rings (SSSR count). The fraction of sp³-hybridized carbons (Fsp3) is 0.391. The van der Waals surface area contributed by atoms with Crippen LogP contribution in [0.15, 0.2) is 36.4 Å². The van der Waals surface area contributed by atoms with Gasteiger partial charge in [0.15, 0.2) is 0 Å². The molecule has 0 saturated heterocycles. The Morgan fingerprint density at radius 3 is 2.45 bits per heavy atom. The van der Waals surface area contributed by atoms with Crippen LogP contribution in [0.25, 0.3) is 10.9 Å². The zero-order valence-electron chi connectivity index (χ0n) is 18.7. The van der Waals surface area contributed by atoms with E-state index in [-0.39, 0.29) is 29.4 Å². The fourth-order valence-electron chi connectivity index (χ4n) is 3.17. The van der Waals surface area contributed by atoms with Crippen molar-refractivity contribution in [3.05, 3.63) is 47.0 Å². The summed E-state index contributed by atoms with van der Waals surface area (Å²) in [5, 5.41) is 13.1. The van der Waals surface area contributed by atoms with Gasteiger partial charge in [-0.05, 0) is 49.2 Å². The lowest BCUT2D eigenvalue weighted by atomic mass is 10.1. The molecular formula is C23H28ClF3N4O2. The fourth-order valence-corrected chi connectivity index (χ4v) is 3.39. The number of benzene rings is 2. The Morgan fingerprint density at radius 2 is 1.85 bits per heavy atom. The van der Waals surface area contributed by atoms with E-state index in [0.717, 1.165) is 25.0 Å². The minimum absolute atomic E-state index is 0.0126. The Labute approximate surface area is 195 Å². The van der Waals surface area contributed by atoms with Crippen molar-refractivity contribution in [3.8, 4) is 11.5 Å². The highest BCUT2D eigenvalue weighted by molar-refractivity contribution is 6.32. The van der Waals surface area contributed by atoms with Crippen LogP contribution >= 0.6 is 11.6 Å². The average Bonchev–Trinajstić information content (AvgIpc) is 2.76. The summed E-state index contributed by atoms with van der Waals surface area (Å²) >= 11 is 5.99. The second-order valence-electron chi connectivity index (χ2n) is 7.00. The molecule has 1 aromatic heterocycles. The van der Waals surface area contributed by atoms with Crippen molar-refractivity contribution in [3.63, 3.8) is 0 Å². The number of halogens is 4. The van der Waals surface area contributed by atoms with Crippen molar-refractivity contribution < 1.29 is 23.0 Å². The average molecular weight is 485 g/mol. The van der Waals surface area contributed by atoms with E-state index < -0.39 is 11.7 Å².